The molecule has 0 saturated heterocycles. The van der Waals surface area contributed by atoms with E-state index in [-0.39, 0.29) is 0 Å². The van der Waals surface area contributed by atoms with Gasteiger partial charge < -0.3 is 15.6 Å². The minimum absolute atomic E-state index is 0.588. The lowest BCUT2D eigenvalue weighted by Crippen LogP contribution is -2.36. The Hall–Kier alpha value is -2.27. The standard InChI is InChI=1S/C18H23N5/c1-13-8-18-21-10-14(12-23(18)22-13)9-19-7-6-15-11-20-17-5-3-2-4-16(15)17/h2-5,8,11,14,19-21H,6-7,9-10,12H2,1H3. The Morgan fingerprint density at radius 2 is 2.26 bits per heavy atom. The van der Waals surface area contributed by atoms with E-state index >= 15 is 0 Å². The van der Waals surface area contributed by atoms with E-state index in [1.54, 1.807) is 0 Å². The highest BCUT2D eigenvalue weighted by Crippen LogP contribution is 2.19. The van der Waals surface area contributed by atoms with Crippen molar-refractivity contribution >= 4 is 16.7 Å². The summed E-state index contributed by atoms with van der Waals surface area (Å²) >= 11 is 0. The second-order valence-corrected chi connectivity index (χ2v) is 6.41. The van der Waals surface area contributed by atoms with Crippen molar-refractivity contribution < 1.29 is 0 Å². The van der Waals surface area contributed by atoms with Crippen molar-refractivity contribution in [3.8, 4) is 0 Å². The number of fused-ring (bicyclic) bond motifs is 2. The lowest BCUT2D eigenvalue weighted by molar-refractivity contribution is 0.392. The molecule has 3 N–H and O–H groups in total. The molecule has 5 nitrogen and oxygen atoms in total. The second kappa shape index (κ2) is 6.08. The highest BCUT2D eigenvalue weighted by atomic mass is 15.3. The van der Waals surface area contributed by atoms with Crippen molar-refractivity contribution in [2.75, 3.05) is 25.0 Å². The summed E-state index contributed by atoms with van der Waals surface area (Å²) in [6.45, 7) is 6.08. The molecule has 5 heteroatoms. The fraction of sp³-hybridized carbons (Fsp3) is 0.389. The van der Waals surface area contributed by atoms with Gasteiger partial charge in [-0.3, -0.25) is 0 Å². The molecule has 120 valence electrons. The number of aryl methyl sites for hydroxylation is 1. The van der Waals surface area contributed by atoms with Crippen molar-refractivity contribution in [3.05, 3.63) is 47.8 Å². The van der Waals surface area contributed by atoms with Gasteiger partial charge in [0.05, 0.1) is 5.69 Å². The predicted molar refractivity (Wildman–Crippen MR) is 93.8 cm³/mol. The summed E-state index contributed by atoms with van der Waals surface area (Å²) in [6, 6.07) is 10.6. The van der Waals surface area contributed by atoms with Gasteiger partial charge >= 0.3 is 0 Å². The Morgan fingerprint density at radius 3 is 3.22 bits per heavy atom. The van der Waals surface area contributed by atoms with Crippen LogP contribution in [0.25, 0.3) is 10.9 Å². The number of nitrogens with zero attached hydrogens (tertiary/aromatic N) is 2. The third kappa shape index (κ3) is 2.97. The molecule has 1 aromatic carbocycles. The summed E-state index contributed by atoms with van der Waals surface area (Å²) in [7, 11) is 0. The maximum absolute atomic E-state index is 4.53. The molecule has 23 heavy (non-hydrogen) atoms. The molecule has 2 aromatic heterocycles. The minimum atomic E-state index is 0.588. The molecule has 3 heterocycles. The molecule has 4 rings (SSSR count). The smallest absolute Gasteiger partial charge is 0.124 e. The van der Waals surface area contributed by atoms with Gasteiger partial charge in [0.1, 0.15) is 5.82 Å². The molecule has 0 amide bonds. The monoisotopic (exact) mass is 309 g/mol. The van der Waals surface area contributed by atoms with E-state index in [9.17, 15) is 0 Å². The first-order chi connectivity index (χ1) is 11.3. The molecule has 0 bridgehead atoms. The minimum Gasteiger partial charge on any atom is -0.370 e. The number of hydrogen-bond acceptors (Lipinski definition) is 3. The van der Waals surface area contributed by atoms with Crippen LogP contribution in [0.2, 0.25) is 0 Å². The first-order valence-corrected chi connectivity index (χ1v) is 8.33. The Morgan fingerprint density at radius 1 is 1.35 bits per heavy atom. The molecular weight excluding hydrogens is 286 g/mol. The normalized spacial score (nSPS) is 17.2. The molecule has 0 aliphatic carbocycles. The Balaban J connectivity index is 1.28. The number of benzene rings is 1. The highest BCUT2D eigenvalue weighted by Gasteiger charge is 2.18. The predicted octanol–water partition coefficient (Wildman–Crippen LogP) is 2.55. The van der Waals surface area contributed by atoms with Crippen molar-refractivity contribution in [3.63, 3.8) is 0 Å². The zero-order valence-electron chi connectivity index (χ0n) is 13.5. The van der Waals surface area contributed by atoms with Gasteiger partial charge in [-0.1, -0.05) is 18.2 Å². The van der Waals surface area contributed by atoms with Crippen molar-refractivity contribution in [1.82, 2.24) is 20.1 Å². The van der Waals surface area contributed by atoms with Gasteiger partial charge in [-0.25, -0.2) is 4.68 Å². The van der Waals surface area contributed by atoms with Crippen molar-refractivity contribution in [2.45, 2.75) is 19.9 Å². The number of hydrogen-bond donors (Lipinski definition) is 3. The summed E-state index contributed by atoms with van der Waals surface area (Å²) in [4.78, 5) is 3.34. The summed E-state index contributed by atoms with van der Waals surface area (Å²) in [5.74, 6) is 1.74. The van der Waals surface area contributed by atoms with E-state index < -0.39 is 0 Å². The van der Waals surface area contributed by atoms with Crippen LogP contribution in [-0.4, -0.2) is 34.4 Å². The average molecular weight is 309 g/mol. The number of H-pyrrole nitrogens is 1. The maximum atomic E-state index is 4.53. The Labute approximate surface area is 136 Å². The van der Waals surface area contributed by atoms with Gasteiger partial charge in [-0.2, -0.15) is 5.10 Å². The molecular formula is C18H23N5. The summed E-state index contributed by atoms with van der Waals surface area (Å²) in [5, 5.41) is 12.9. The number of rotatable bonds is 5. The first-order valence-electron chi connectivity index (χ1n) is 8.33. The number of aromatic nitrogens is 3. The molecule has 0 spiro atoms. The van der Waals surface area contributed by atoms with Gasteiger partial charge in [0, 0.05) is 48.7 Å². The van der Waals surface area contributed by atoms with E-state index in [1.807, 2.05) is 6.92 Å². The van der Waals surface area contributed by atoms with Crippen LogP contribution in [0.5, 0.6) is 0 Å². The quantitative estimate of drug-likeness (QED) is 0.635. The zero-order valence-corrected chi connectivity index (χ0v) is 13.5. The number of nitrogens with one attached hydrogen (secondary N) is 3. The van der Waals surface area contributed by atoms with Crippen LogP contribution in [0.15, 0.2) is 36.5 Å². The lowest BCUT2D eigenvalue weighted by atomic mass is 10.1. The number of anilines is 1. The third-order valence-corrected chi connectivity index (χ3v) is 4.58. The highest BCUT2D eigenvalue weighted by molar-refractivity contribution is 5.83. The Bertz CT molecular complexity index is 801. The Kier molecular flexibility index (Phi) is 3.79. The van der Waals surface area contributed by atoms with E-state index in [4.69, 9.17) is 0 Å². The summed E-state index contributed by atoms with van der Waals surface area (Å²) in [5.41, 5.74) is 3.70. The van der Waals surface area contributed by atoms with Crippen LogP contribution in [0.4, 0.5) is 5.82 Å². The van der Waals surface area contributed by atoms with Crippen LogP contribution in [0, 0.1) is 12.8 Å². The largest absolute Gasteiger partial charge is 0.370 e. The fourth-order valence-corrected chi connectivity index (χ4v) is 3.39. The van der Waals surface area contributed by atoms with Gasteiger partial charge in [-0.15, -0.1) is 0 Å². The van der Waals surface area contributed by atoms with Gasteiger partial charge in [0.2, 0.25) is 0 Å². The van der Waals surface area contributed by atoms with Crippen LogP contribution in [0.1, 0.15) is 11.3 Å². The first kappa shape index (κ1) is 14.3. The summed E-state index contributed by atoms with van der Waals surface area (Å²) < 4.78 is 2.09. The van der Waals surface area contributed by atoms with E-state index in [0.717, 1.165) is 44.1 Å². The average Bonchev–Trinajstić information content (AvgIpc) is 3.13. The second-order valence-electron chi connectivity index (χ2n) is 6.41. The van der Waals surface area contributed by atoms with E-state index in [0.29, 0.717) is 5.92 Å². The molecule has 1 unspecified atom stereocenters. The lowest BCUT2D eigenvalue weighted by Gasteiger charge is -2.25. The fourth-order valence-electron chi connectivity index (χ4n) is 3.39. The van der Waals surface area contributed by atoms with Gasteiger partial charge in [0.25, 0.3) is 0 Å². The summed E-state index contributed by atoms with van der Waals surface area (Å²) in [6.07, 6.45) is 3.18. The topological polar surface area (TPSA) is 57.7 Å². The number of aromatic amines is 1. The van der Waals surface area contributed by atoms with Crippen LogP contribution < -0.4 is 10.6 Å². The molecule has 3 aromatic rings. The zero-order chi connectivity index (χ0) is 15.6. The maximum Gasteiger partial charge on any atom is 0.124 e. The molecule has 1 aliphatic rings. The van der Waals surface area contributed by atoms with Crippen molar-refractivity contribution in [2.24, 2.45) is 5.92 Å². The third-order valence-electron chi connectivity index (χ3n) is 4.58. The molecule has 1 aliphatic heterocycles. The van der Waals surface area contributed by atoms with Crippen LogP contribution >= 0.6 is 0 Å². The molecule has 0 saturated carbocycles. The van der Waals surface area contributed by atoms with E-state index in [2.05, 4.69) is 61.9 Å². The van der Waals surface area contributed by atoms with Crippen molar-refractivity contribution in [1.29, 1.82) is 0 Å². The van der Waals surface area contributed by atoms with E-state index in [1.165, 1.54) is 16.5 Å². The molecule has 1 atom stereocenters. The SMILES string of the molecule is Cc1cc2n(n1)CC(CNCCc1c[nH]c3ccccc13)CN2. The molecule has 0 radical (unpaired) electrons. The number of para-hydroxylation sites is 1. The van der Waals surface area contributed by atoms with Crippen LogP contribution in [0.3, 0.4) is 0 Å². The molecule has 0 fully saturated rings. The van der Waals surface area contributed by atoms with Crippen LogP contribution in [-0.2, 0) is 13.0 Å². The van der Waals surface area contributed by atoms with Gasteiger partial charge in [0.15, 0.2) is 0 Å². The van der Waals surface area contributed by atoms with Gasteiger partial charge in [-0.05, 0) is 31.5 Å².